The molecule has 1 fully saturated rings. The molecule has 0 unspecified atom stereocenters. The van der Waals surface area contributed by atoms with E-state index in [-0.39, 0.29) is 12.5 Å². The molecule has 148 valence electrons. The number of hydrogen-bond acceptors (Lipinski definition) is 2. The summed E-state index contributed by atoms with van der Waals surface area (Å²) in [6.07, 6.45) is 1.20. The number of nitrogens with one attached hydrogen (secondary N) is 1. The van der Waals surface area contributed by atoms with E-state index in [1.54, 1.807) is 6.92 Å². The van der Waals surface area contributed by atoms with E-state index in [1.807, 2.05) is 31.2 Å². The molecule has 0 aliphatic carbocycles. The van der Waals surface area contributed by atoms with Gasteiger partial charge in [-0.15, -0.1) is 0 Å². The Morgan fingerprint density at radius 3 is 2.46 bits per heavy atom. The van der Waals surface area contributed by atoms with Gasteiger partial charge < -0.3 is 10.2 Å². The molecule has 2 aromatic rings. The van der Waals surface area contributed by atoms with Crippen molar-refractivity contribution in [2.75, 3.05) is 13.1 Å². The first-order valence-corrected chi connectivity index (χ1v) is 9.38. The van der Waals surface area contributed by atoms with Gasteiger partial charge in [-0.05, 0) is 49.9 Å². The maximum Gasteiger partial charge on any atom is 0.259 e. The Morgan fingerprint density at radius 2 is 1.79 bits per heavy atom. The molecule has 0 aromatic heterocycles. The molecule has 1 saturated heterocycles. The van der Waals surface area contributed by atoms with Crippen LogP contribution in [-0.4, -0.2) is 29.8 Å². The van der Waals surface area contributed by atoms with E-state index in [4.69, 9.17) is 0 Å². The van der Waals surface area contributed by atoms with Crippen LogP contribution in [0.25, 0.3) is 0 Å². The normalized spacial score (nSPS) is 19.4. The molecule has 0 bridgehead atoms. The summed E-state index contributed by atoms with van der Waals surface area (Å²) >= 11 is 0. The van der Waals surface area contributed by atoms with Crippen LogP contribution in [0, 0.1) is 24.0 Å². The van der Waals surface area contributed by atoms with Crippen molar-refractivity contribution < 1.29 is 18.4 Å². The topological polar surface area (TPSA) is 49.4 Å². The standard InChI is InChI=1S/C22H24F2N2O2/c1-15-7-3-4-8-16(15)13-25-21(28)22(2)11-6-12-26(14-22)20(27)19-17(23)9-5-10-18(19)24/h3-5,7-10H,6,11-14H2,1-2H3,(H,25,28)/t22-/m1/s1. The van der Waals surface area contributed by atoms with Crippen molar-refractivity contribution in [3.8, 4) is 0 Å². The number of halogens is 2. The molecule has 3 rings (SSSR count). The summed E-state index contributed by atoms with van der Waals surface area (Å²) in [7, 11) is 0. The van der Waals surface area contributed by atoms with E-state index >= 15 is 0 Å². The molecule has 6 heteroatoms. The molecule has 1 aliphatic rings. The van der Waals surface area contributed by atoms with E-state index < -0.39 is 28.5 Å². The predicted octanol–water partition coefficient (Wildman–Crippen LogP) is 3.83. The Morgan fingerprint density at radius 1 is 1.11 bits per heavy atom. The fraction of sp³-hybridized carbons (Fsp3) is 0.364. The van der Waals surface area contributed by atoms with E-state index in [2.05, 4.69) is 5.32 Å². The fourth-order valence-electron chi connectivity index (χ4n) is 3.66. The Balaban J connectivity index is 1.71. The molecular formula is C22H24F2N2O2. The van der Waals surface area contributed by atoms with Crippen molar-refractivity contribution in [1.29, 1.82) is 0 Å². The third-order valence-electron chi connectivity index (χ3n) is 5.41. The van der Waals surface area contributed by atoms with Gasteiger partial charge in [0.05, 0.1) is 5.41 Å². The predicted molar refractivity (Wildman–Crippen MR) is 103 cm³/mol. The van der Waals surface area contributed by atoms with E-state index in [9.17, 15) is 18.4 Å². The Bertz CT molecular complexity index is 880. The lowest BCUT2D eigenvalue weighted by Crippen LogP contribution is -2.52. The van der Waals surface area contributed by atoms with Crippen molar-refractivity contribution in [1.82, 2.24) is 10.2 Å². The Labute approximate surface area is 163 Å². The average molecular weight is 386 g/mol. The van der Waals surface area contributed by atoms with Gasteiger partial charge in [-0.1, -0.05) is 30.3 Å². The summed E-state index contributed by atoms with van der Waals surface area (Å²) in [5.74, 6) is -2.65. The van der Waals surface area contributed by atoms with Crippen molar-refractivity contribution in [2.24, 2.45) is 5.41 Å². The van der Waals surface area contributed by atoms with E-state index in [0.717, 1.165) is 23.3 Å². The largest absolute Gasteiger partial charge is 0.351 e. The van der Waals surface area contributed by atoms with E-state index in [0.29, 0.717) is 25.9 Å². The highest BCUT2D eigenvalue weighted by Crippen LogP contribution is 2.31. The molecule has 1 atom stereocenters. The molecular weight excluding hydrogens is 362 g/mol. The van der Waals surface area contributed by atoms with Gasteiger partial charge in [0.2, 0.25) is 5.91 Å². The minimum Gasteiger partial charge on any atom is -0.351 e. The lowest BCUT2D eigenvalue weighted by molar-refractivity contribution is -0.132. The highest BCUT2D eigenvalue weighted by Gasteiger charge is 2.40. The third kappa shape index (κ3) is 4.06. The second-order valence-corrected chi connectivity index (χ2v) is 7.60. The lowest BCUT2D eigenvalue weighted by Gasteiger charge is -2.39. The van der Waals surface area contributed by atoms with Crippen LogP contribution >= 0.6 is 0 Å². The summed E-state index contributed by atoms with van der Waals surface area (Å²) in [6.45, 7) is 4.66. The third-order valence-corrected chi connectivity index (χ3v) is 5.41. The zero-order valence-corrected chi connectivity index (χ0v) is 16.1. The van der Waals surface area contributed by atoms with Crippen LogP contribution in [0.3, 0.4) is 0 Å². The van der Waals surface area contributed by atoms with Gasteiger partial charge in [0.25, 0.3) is 5.91 Å². The van der Waals surface area contributed by atoms with Crippen molar-refractivity contribution in [2.45, 2.75) is 33.2 Å². The van der Waals surface area contributed by atoms with Gasteiger partial charge in [-0.2, -0.15) is 0 Å². The molecule has 1 heterocycles. The van der Waals surface area contributed by atoms with Crippen LogP contribution < -0.4 is 5.32 Å². The number of piperidine rings is 1. The van der Waals surface area contributed by atoms with Crippen molar-refractivity contribution in [3.63, 3.8) is 0 Å². The molecule has 1 N–H and O–H groups in total. The lowest BCUT2D eigenvalue weighted by atomic mass is 9.80. The summed E-state index contributed by atoms with van der Waals surface area (Å²) < 4.78 is 28.0. The number of carbonyl (C=O) groups is 2. The molecule has 0 spiro atoms. The molecule has 4 nitrogen and oxygen atoms in total. The quantitative estimate of drug-likeness (QED) is 0.868. The zero-order chi connectivity index (χ0) is 20.3. The first kappa shape index (κ1) is 20.0. The number of hydrogen-bond donors (Lipinski definition) is 1. The van der Waals surface area contributed by atoms with Gasteiger partial charge in [0, 0.05) is 19.6 Å². The summed E-state index contributed by atoms with van der Waals surface area (Å²) in [4.78, 5) is 26.9. The number of nitrogens with zero attached hydrogens (tertiary/aromatic N) is 1. The first-order valence-electron chi connectivity index (χ1n) is 9.38. The maximum atomic E-state index is 14.0. The van der Waals surface area contributed by atoms with Crippen molar-refractivity contribution >= 4 is 11.8 Å². The van der Waals surface area contributed by atoms with Gasteiger partial charge in [-0.3, -0.25) is 9.59 Å². The number of carbonyl (C=O) groups excluding carboxylic acids is 2. The molecule has 1 aliphatic heterocycles. The fourth-order valence-corrected chi connectivity index (χ4v) is 3.66. The minimum absolute atomic E-state index is 0.124. The van der Waals surface area contributed by atoms with Gasteiger partial charge >= 0.3 is 0 Å². The highest BCUT2D eigenvalue weighted by atomic mass is 19.1. The Kier molecular flexibility index (Phi) is 5.77. The minimum atomic E-state index is -0.888. The molecule has 2 amide bonds. The first-order chi connectivity index (χ1) is 13.3. The van der Waals surface area contributed by atoms with Crippen LogP contribution in [0.5, 0.6) is 0 Å². The van der Waals surface area contributed by atoms with Crippen LogP contribution in [0.4, 0.5) is 8.78 Å². The van der Waals surface area contributed by atoms with Gasteiger partial charge in [-0.25, -0.2) is 8.78 Å². The number of likely N-dealkylation sites (tertiary alicyclic amines) is 1. The van der Waals surface area contributed by atoms with Crippen molar-refractivity contribution in [3.05, 3.63) is 70.8 Å². The SMILES string of the molecule is Cc1ccccc1CNC(=O)[C@]1(C)CCCN(C(=O)c2c(F)cccc2F)C1. The van der Waals surface area contributed by atoms with Gasteiger partial charge in [0.1, 0.15) is 17.2 Å². The highest BCUT2D eigenvalue weighted by molar-refractivity contribution is 5.95. The molecule has 0 radical (unpaired) electrons. The number of amides is 2. The number of aryl methyl sites for hydroxylation is 1. The van der Waals surface area contributed by atoms with Crippen LogP contribution in [-0.2, 0) is 11.3 Å². The summed E-state index contributed by atoms with van der Waals surface area (Å²) in [6, 6.07) is 11.1. The summed E-state index contributed by atoms with van der Waals surface area (Å²) in [5.41, 5.74) is 0.741. The number of benzene rings is 2. The second kappa shape index (κ2) is 8.09. The van der Waals surface area contributed by atoms with E-state index in [1.165, 1.54) is 11.0 Å². The zero-order valence-electron chi connectivity index (χ0n) is 16.1. The second-order valence-electron chi connectivity index (χ2n) is 7.60. The maximum absolute atomic E-state index is 14.0. The van der Waals surface area contributed by atoms with Gasteiger partial charge in [0.15, 0.2) is 0 Å². The smallest absolute Gasteiger partial charge is 0.259 e. The molecule has 2 aromatic carbocycles. The van der Waals surface area contributed by atoms with Crippen LogP contribution in [0.1, 0.15) is 41.3 Å². The Hall–Kier alpha value is -2.76. The average Bonchev–Trinajstić information content (AvgIpc) is 2.67. The van der Waals surface area contributed by atoms with Crippen LogP contribution in [0.2, 0.25) is 0 Å². The molecule has 0 saturated carbocycles. The monoisotopic (exact) mass is 386 g/mol. The summed E-state index contributed by atoms with van der Waals surface area (Å²) in [5, 5.41) is 2.95. The molecule has 28 heavy (non-hydrogen) atoms. The van der Waals surface area contributed by atoms with Crippen LogP contribution in [0.15, 0.2) is 42.5 Å². The number of rotatable bonds is 4.